The topological polar surface area (TPSA) is 74.3 Å². The van der Waals surface area contributed by atoms with Crippen molar-refractivity contribution in [3.8, 4) is 23.8 Å². The number of carbonyl (C=O) groups is 2. The number of amides is 1. The number of rotatable bonds is 5. The van der Waals surface area contributed by atoms with Crippen molar-refractivity contribution < 1.29 is 28.5 Å². The second-order valence-electron chi connectivity index (χ2n) is 7.43. The molecule has 0 N–H and O–H groups in total. The Kier molecular flexibility index (Phi) is 7.16. The zero-order valence-corrected chi connectivity index (χ0v) is 16.8. The molecular weight excluding hydrogens is 362 g/mol. The molecule has 28 heavy (non-hydrogen) atoms. The molecule has 0 atom stereocenters. The van der Waals surface area contributed by atoms with Crippen molar-refractivity contribution in [3.05, 3.63) is 23.8 Å². The van der Waals surface area contributed by atoms with Gasteiger partial charge in [-0.1, -0.05) is 5.92 Å². The Morgan fingerprint density at radius 3 is 2.50 bits per heavy atom. The molecular formula is C21H27NO6. The molecule has 0 saturated carbocycles. The van der Waals surface area contributed by atoms with Crippen LogP contribution in [-0.4, -0.2) is 55.5 Å². The Morgan fingerprint density at radius 1 is 1.25 bits per heavy atom. The van der Waals surface area contributed by atoms with Gasteiger partial charge in [-0.05, 0) is 32.9 Å². The SMILES string of the molecule is C#CCOc1cc(OC2CCN(C(=O)OC(C)(C)C)CC2)ccc1C(=O)OC. The highest BCUT2D eigenvalue weighted by Crippen LogP contribution is 2.28. The number of esters is 1. The number of terminal acetylenes is 1. The van der Waals surface area contributed by atoms with Gasteiger partial charge in [0.1, 0.15) is 35.4 Å². The molecule has 1 aromatic rings. The molecule has 1 heterocycles. The molecule has 7 nitrogen and oxygen atoms in total. The maximum atomic E-state index is 12.1. The van der Waals surface area contributed by atoms with E-state index < -0.39 is 11.6 Å². The van der Waals surface area contributed by atoms with Gasteiger partial charge in [0.05, 0.1) is 7.11 Å². The standard InChI is InChI=1S/C21H27NO6/c1-6-13-26-18-14-16(7-8-17(18)19(23)25-5)27-15-9-11-22(12-10-15)20(24)28-21(2,3)4/h1,7-8,14-15H,9-13H2,2-5H3. The number of benzene rings is 1. The lowest BCUT2D eigenvalue weighted by Crippen LogP contribution is -2.44. The van der Waals surface area contributed by atoms with Crippen LogP contribution >= 0.6 is 0 Å². The summed E-state index contributed by atoms with van der Waals surface area (Å²) in [6.07, 6.45) is 6.23. The third kappa shape index (κ3) is 6.08. The lowest BCUT2D eigenvalue weighted by Gasteiger charge is -2.33. The van der Waals surface area contributed by atoms with E-state index in [4.69, 9.17) is 25.4 Å². The summed E-state index contributed by atoms with van der Waals surface area (Å²) in [5, 5.41) is 0. The molecule has 0 aromatic heterocycles. The van der Waals surface area contributed by atoms with Gasteiger partial charge in [-0.15, -0.1) is 6.42 Å². The van der Waals surface area contributed by atoms with Crippen LogP contribution in [0.15, 0.2) is 18.2 Å². The summed E-state index contributed by atoms with van der Waals surface area (Å²) in [6.45, 7) is 6.68. The number of hydrogen-bond acceptors (Lipinski definition) is 6. The minimum Gasteiger partial charge on any atom is -0.490 e. The third-order valence-electron chi connectivity index (χ3n) is 4.07. The van der Waals surface area contributed by atoms with Gasteiger partial charge in [0.2, 0.25) is 0 Å². The van der Waals surface area contributed by atoms with E-state index in [0.717, 1.165) is 0 Å². The van der Waals surface area contributed by atoms with Crippen LogP contribution in [-0.2, 0) is 9.47 Å². The molecule has 1 aliphatic heterocycles. The van der Waals surface area contributed by atoms with Crippen molar-refractivity contribution in [2.24, 2.45) is 0 Å². The van der Waals surface area contributed by atoms with Crippen molar-refractivity contribution in [2.75, 3.05) is 26.8 Å². The number of likely N-dealkylation sites (tertiary alicyclic amines) is 1. The molecule has 0 bridgehead atoms. The zero-order valence-electron chi connectivity index (χ0n) is 16.8. The molecule has 1 saturated heterocycles. The van der Waals surface area contributed by atoms with E-state index in [1.807, 2.05) is 20.8 Å². The van der Waals surface area contributed by atoms with Gasteiger partial charge < -0.3 is 23.8 Å². The van der Waals surface area contributed by atoms with E-state index >= 15 is 0 Å². The predicted molar refractivity (Wildman–Crippen MR) is 104 cm³/mol. The molecule has 1 fully saturated rings. The third-order valence-corrected chi connectivity index (χ3v) is 4.07. The number of methoxy groups -OCH3 is 1. The molecule has 7 heteroatoms. The molecule has 0 radical (unpaired) electrons. The van der Waals surface area contributed by atoms with E-state index in [2.05, 4.69) is 5.92 Å². The fraction of sp³-hybridized carbons (Fsp3) is 0.524. The van der Waals surface area contributed by atoms with Crippen molar-refractivity contribution in [1.29, 1.82) is 0 Å². The van der Waals surface area contributed by atoms with Crippen LogP contribution in [0.25, 0.3) is 0 Å². The molecule has 1 amide bonds. The van der Waals surface area contributed by atoms with Gasteiger partial charge >= 0.3 is 12.1 Å². The van der Waals surface area contributed by atoms with E-state index in [0.29, 0.717) is 37.4 Å². The summed E-state index contributed by atoms with van der Waals surface area (Å²) in [5.41, 5.74) is -0.231. The first-order valence-corrected chi connectivity index (χ1v) is 9.16. The van der Waals surface area contributed by atoms with Crippen molar-refractivity contribution in [1.82, 2.24) is 4.90 Å². The van der Waals surface area contributed by atoms with Crippen LogP contribution in [0.5, 0.6) is 11.5 Å². The second-order valence-corrected chi connectivity index (χ2v) is 7.43. The first-order chi connectivity index (χ1) is 13.2. The molecule has 152 valence electrons. The van der Waals surface area contributed by atoms with Gasteiger partial charge in [-0.3, -0.25) is 0 Å². The van der Waals surface area contributed by atoms with E-state index in [1.54, 1.807) is 23.1 Å². The van der Waals surface area contributed by atoms with Gasteiger partial charge in [0.25, 0.3) is 0 Å². The molecule has 0 unspecified atom stereocenters. The van der Waals surface area contributed by atoms with Crippen LogP contribution < -0.4 is 9.47 Å². The summed E-state index contributed by atoms with van der Waals surface area (Å²) >= 11 is 0. The van der Waals surface area contributed by atoms with Crippen molar-refractivity contribution in [2.45, 2.75) is 45.3 Å². The summed E-state index contributed by atoms with van der Waals surface area (Å²) < 4.78 is 21.6. The summed E-state index contributed by atoms with van der Waals surface area (Å²) in [5.74, 6) is 2.74. The Labute approximate surface area is 165 Å². The molecule has 1 aromatic carbocycles. The highest BCUT2D eigenvalue weighted by Gasteiger charge is 2.28. The first-order valence-electron chi connectivity index (χ1n) is 9.16. The molecule has 0 aliphatic carbocycles. The Morgan fingerprint density at radius 2 is 1.93 bits per heavy atom. The van der Waals surface area contributed by atoms with Gasteiger partial charge in [0.15, 0.2) is 0 Å². The highest BCUT2D eigenvalue weighted by molar-refractivity contribution is 5.92. The Hall–Kier alpha value is -2.88. The van der Waals surface area contributed by atoms with Gasteiger partial charge in [-0.25, -0.2) is 9.59 Å². The fourth-order valence-electron chi connectivity index (χ4n) is 2.77. The average Bonchev–Trinajstić information content (AvgIpc) is 2.65. The first kappa shape index (κ1) is 21.4. The average molecular weight is 389 g/mol. The minimum absolute atomic E-state index is 0.0295. The minimum atomic E-state index is -0.513. The normalized spacial score (nSPS) is 14.8. The Bertz CT molecular complexity index is 738. The fourth-order valence-corrected chi connectivity index (χ4v) is 2.77. The monoisotopic (exact) mass is 389 g/mol. The summed E-state index contributed by atoms with van der Waals surface area (Å²) in [6, 6.07) is 4.90. The van der Waals surface area contributed by atoms with Crippen molar-refractivity contribution >= 4 is 12.1 Å². The van der Waals surface area contributed by atoms with Gasteiger partial charge in [-0.2, -0.15) is 0 Å². The molecule has 1 aliphatic rings. The summed E-state index contributed by atoms with van der Waals surface area (Å²) in [7, 11) is 1.30. The maximum absolute atomic E-state index is 12.1. The number of piperidine rings is 1. The number of ether oxygens (including phenoxy) is 4. The maximum Gasteiger partial charge on any atom is 0.410 e. The lowest BCUT2D eigenvalue weighted by atomic mass is 10.1. The summed E-state index contributed by atoms with van der Waals surface area (Å²) in [4.78, 5) is 25.7. The van der Waals surface area contributed by atoms with Crippen LogP contribution in [0.4, 0.5) is 4.79 Å². The van der Waals surface area contributed by atoms with E-state index in [-0.39, 0.29) is 24.4 Å². The van der Waals surface area contributed by atoms with Crippen LogP contribution in [0.1, 0.15) is 44.0 Å². The predicted octanol–water partition coefficient (Wildman–Crippen LogP) is 3.26. The number of nitrogens with zero attached hydrogens (tertiary/aromatic N) is 1. The second kappa shape index (κ2) is 9.36. The van der Waals surface area contributed by atoms with Crippen molar-refractivity contribution in [3.63, 3.8) is 0 Å². The highest BCUT2D eigenvalue weighted by atomic mass is 16.6. The lowest BCUT2D eigenvalue weighted by molar-refractivity contribution is 0.0126. The van der Waals surface area contributed by atoms with Gasteiger partial charge in [0, 0.05) is 32.0 Å². The van der Waals surface area contributed by atoms with E-state index in [1.165, 1.54) is 7.11 Å². The van der Waals surface area contributed by atoms with Crippen LogP contribution in [0.3, 0.4) is 0 Å². The van der Waals surface area contributed by atoms with Crippen LogP contribution in [0, 0.1) is 12.3 Å². The largest absolute Gasteiger partial charge is 0.490 e. The van der Waals surface area contributed by atoms with E-state index in [9.17, 15) is 9.59 Å². The number of carbonyl (C=O) groups excluding carboxylic acids is 2. The zero-order chi connectivity index (χ0) is 20.7. The molecule has 2 rings (SSSR count). The van der Waals surface area contributed by atoms with Crippen LogP contribution in [0.2, 0.25) is 0 Å². The number of hydrogen-bond donors (Lipinski definition) is 0. The Balaban J connectivity index is 1.98. The molecule has 0 spiro atoms. The smallest absolute Gasteiger partial charge is 0.410 e. The quantitative estimate of drug-likeness (QED) is 0.568.